The number of halogens is 1. The number of carbonyl (C=O) groups is 1. The lowest BCUT2D eigenvalue weighted by Gasteiger charge is -2.44. The molecule has 0 aliphatic heterocycles. The van der Waals surface area contributed by atoms with Crippen LogP contribution in [0.25, 0.3) is 0 Å². The van der Waals surface area contributed by atoms with Crippen LogP contribution in [0.3, 0.4) is 0 Å². The molecular formula is C15H29FN4O2Si. The van der Waals surface area contributed by atoms with Crippen LogP contribution in [-0.2, 0) is 17.8 Å². The van der Waals surface area contributed by atoms with Gasteiger partial charge < -0.3 is 14.9 Å². The van der Waals surface area contributed by atoms with Gasteiger partial charge in [0.25, 0.3) is 8.41 Å². The summed E-state index contributed by atoms with van der Waals surface area (Å²) < 4.78 is 17.4. The highest BCUT2D eigenvalue weighted by molar-refractivity contribution is 6.78. The van der Waals surface area contributed by atoms with Crippen molar-refractivity contribution in [1.29, 1.82) is 0 Å². The van der Waals surface area contributed by atoms with Crippen molar-refractivity contribution in [2.75, 3.05) is 0 Å². The third kappa shape index (κ3) is 4.60. The van der Waals surface area contributed by atoms with Gasteiger partial charge in [-0.1, -0.05) is 46.8 Å². The average molecular weight is 344 g/mol. The van der Waals surface area contributed by atoms with Crippen molar-refractivity contribution in [1.82, 2.24) is 15.0 Å². The highest BCUT2D eigenvalue weighted by atomic mass is 28.4. The minimum atomic E-state index is -3.08. The van der Waals surface area contributed by atoms with E-state index < -0.39 is 20.4 Å². The molecule has 0 saturated carbocycles. The lowest BCUT2D eigenvalue weighted by molar-refractivity contribution is -0.138. The zero-order chi connectivity index (χ0) is 18.1. The highest BCUT2D eigenvalue weighted by Gasteiger charge is 2.54. The molecule has 8 heteroatoms. The Morgan fingerprint density at radius 3 is 2.30 bits per heavy atom. The summed E-state index contributed by atoms with van der Waals surface area (Å²) in [6.07, 6.45) is 1.77. The molecule has 0 radical (unpaired) electrons. The van der Waals surface area contributed by atoms with Crippen LogP contribution in [0.5, 0.6) is 0 Å². The number of carboxylic acid groups (broad SMARTS) is 1. The van der Waals surface area contributed by atoms with E-state index in [0.717, 1.165) is 0 Å². The smallest absolute Gasteiger partial charge is 0.320 e. The highest BCUT2D eigenvalue weighted by Crippen LogP contribution is 2.54. The summed E-state index contributed by atoms with van der Waals surface area (Å²) in [5.41, 5.74) is 6.00. The van der Waals surface area contributed by atoms with Crippen molar-refractivity contribution < 1.29 is 14.0 Å². The van der Waals surface area contributed by atoms with E-state index in [1.54, 1.807) is 10.9 Å². The Morgan fingerprint density at radius 1 is 1.35 bits per heavy atom. The maximum Gasteiger partial charge on any atom is 0.320 e. The summed E-state index contributed by atoms with van der Waals surface area (Å²) in [6.45, 7) is 12.2. The Balaban J connectivity index is 2.81. The second kappa shape index (κ2) is 6.68. The zero-order valence-corrected chi connectivity index (χ0v) is 15.9. The Morgan fingerprint density at radius 2 is 1.87 bits per heavy atom. The monoisotopic (exact) mass is 343 g/mol. The van der Waals surface area contributed by atoms with E-state index in [1.165, 1.54) is 0 Å². The quantitative estimate of drug-likeness (QED) is 0.612. The van der Waals surface area contributed by atoms with Gasteiger partial charge in [-0.25, -0.2) is 0 Å². The molecule has 6 nitrogen and oxygen atoms in total. The van der Waals surface area contributed by atoms with Crippen molar-refractivity contribution >= 4 is 14.4 Å². The average Bonchev–Trinajstić information content (AvgIpc) is 2.80. The molecule has 1 heterocycles. The van der Waals surface area contributed by atoms with Crippen LogP contribution < -0.4 is 5.73 Å². The van der Waals surface area contributed by atoms with Crippen LogP contribution in [0.2, 0.25) is 16.1 Å². The molecule has 0 saturated heterocycles. The lowest BCUT2D eigenvalue weighted by Crippen LogP contribution is -2.48. The number of aliphatic carboxylic acids is 1. The van der Waals surface area contributed by atoms with Crippen molar-refractivity contribution in [3.8, 4) is 0 Å². The molecule has 0 aliphatic carbocycles. The van der Waals surface area contributed by atoms with Gasteiger partial charge in [-0.15, -0.1) is 5.10 Å². The predicted octanol–water partition coefficient (Wildman–Crippen LogP) is 2.75. The van der Waals surface area contributed by atoms with E-state index in [1.807, 2.05) is 41.5 Å². The number of nitrogens with two attached hydrogens (primary N) is 1. The third-order valence-corrected chi connectivity index (χ3v) is 10.1. The first kappa shape index (κ1) is 19.8. The van der Waals surface area contributed by atoms with Crippen LogP contribution in [0.1, 0.15) is 47.2 Å². The van der Waals surface area contributed by atoms with Crippen molar-refractivity contribution in [2.24, 2.45) is 5.73 Å². The van der Waals surface area contributed by atoms with Gasteiger partial charge in [0, 0.05) is 19.2 Å². The molecule has 1 aromatic rings. The van der Waals surface area contributed by atoms with Gasteiger partial charge in [0.1, 0.15) is 6.04 Å². The summed E-state index contributed by atoms with van der Waals surface area (Å²) in [5, 5.41) is 16.0. The standard InChI is InChI=1S/C15H29FN4O2Si/c1-14(2,3)23(16,15(4,5)6)8-7-20-10-11(18-19-20)9-12(17)13(21)22/h10,12H,7-9,17H2,1-6H3,(H,21,22)/i16-1. The molecule has 0 bridgehead atoms. The third-order valence-electron chi connectivity index (χ3n) is 4.40. The van der Waals surface area contributed by atoms with Gasteiger partial charge in [-0.3, -0.25) is 9.48 Å². The molecule has 23 heavy (non-hydrogen) atoms. The number of rotatable bonds is 6. The number of aryl methyl sites for hydroxylation is 1. The minimum absolute atomic E-state index is 0.117. The summed E-state index contributed by atoms with van der Waals surface area (Å²) in [6, 6.07) is -0.563. The van der Waals surface area contributed by atoms with E-state index in [-0.39, 0.29) is 16.5 Å². The maximum absolute atomic E-state index is 15.8. The van der Waals surface area contributed by atoms with Crippen molar-refractivity contribution in [3.63, 3.8) is 0 Å². The van der Waals surface area contributed by atoms with Crippen LogP contribution in [0.4, 0.5) is 4.11 Å². The zero-order valence-electron chi connectivity index (χ0n) is 14.9. The van der Waals surface area contributed by atoms with Gasteiger partial charge in [-0.2, -0.15) is 0 Å². The Labute approximate surface area is 138 Å². The van der Waals surface area contributed by atoms with Gasteiger partial charge in [0.05, 0.1) is 5.69 Å². The minimum Gasteiger partial charge on any atom is -0.480 e. The van der Waals surface area contributed by atoms with Gasteiger partial charge in [-0.05, 0) is 16.1 Å². The summed E-state index contributed by atoms with van der Waals surface area (Å²) >= 11 is 0. The van der Waals surface area contributed by atoms with E-state index in [2.05, 4.69) is 10.3 Å². The molecule has 1 rings (SSSR count). The van der Waals surface area contributed by atoms with E-state index >= 15 is 4.11 Å². The lowest BCUT2D eigenvalue weighted by atomic mass is 10.2. The SMILES string of the molecule is CC(C)(C)[Si]([18F])(CCn1cc(CC(N)C(=O)O)nn1)C(C)(C)C. The molecule has 1 unspecified atom stereocenters. The first-order valence-corrected chi connectivity index (χ1v) is 9.93. The number of carboxylic acids is 1. The Hall–Kier alpha value is -1.28. The van der Waals surface area contributed by atoms with Crippen LogP contribution in [0.15, 0.2) is 6.20 Å². The number of hydrogen-bond acceptors (Lipinski definition) is 4. The summed E-state index contributed by atoms with van der Waals surface area (Å²) in [7, 11) is -3.08. The fourth-order valence-electron chi connectivity index (χ4n) is 3.00. The molecule has 132 valence electrons. The van der Waals surface area contributed by atoms with Crippen molar-refractivity contribution in [3.05, 3.63) is 11.9 Å². The molecule has 1 aromatic heterocycles. The van der Waals surface area contributed by atoms with E-state index in [4.69, 9.17) is 10.8 Å². The topological polar surface area (TPSA) is 94.0 Å². The van der Waals surface area contributed by atoms with Crippen LogP contribution in [-0.4, -0.2) is 40.5 Å². The Bertz CT molecular complexity index is 534. The molecular weight excluding hydrogens is 314 g/mol. The molecule has 1 atom stereocenters. The van der Waals surface area contributed by atoms with E-state index in [0.29, 0.717) is 18.3 Å². The first-order valence-electron chi connectivity index (χ1n) is 7.84. The maximum atomic E-state index is 15.8. The summed E-state index contributed by atoms with van der Waals surface area (Å²) in [5.74, 6) is -1.07. The molecule has 0 fully saturated rings. The second-order valence-corrected chi connectivity index (χ2v) is 13.3. The Kier molecular flexibility index (Phi) is 5.74. The number of aromatic nitrogens is 3. The van der Waals surface area contributed by atoms with E-state index in [9.17, 15) is 4.79 Å². The fourth-order valence-corrected chi connectivity index (χ4v) is 7.28. The van der Waals surface area contributed by atoms with Crippen molar-refractivity contribution in [2.45, 2.75) is 76.7 Å². The molecule has 3 N–H and O–H groups in total. The van der Waals surface area contributed by atoms with Gasteiger partial charge >= 0.3 is 5.97 Å². The van der Waals surface area contributed by atoms with Crippen LogP contribution in [0, 0.1) is 0 Å². The number of hydrogen-bond donors (Lipinski definition) is 2. The van der Waals surface area contributed by atoms with Gasteiger partial charge in [0.2, 0.25) is 0 Å². The largest absolute Gasteiger partial charge is 0.480 e. The molecule has 0 spiro atoms. The molecule has 0 amide bonds. The first-order chi connectivity index (χ1) is 10.3. The molecule has 0 aliphatic rings. The predicted molar refractivity (Wildman–Crippen MR) is 90.4 cm³/mol. The normalized spacial score (nSPS) is 14.8. The summed E-state index contributed by atoms with van der Waals surface area (Å²) in [4.78, 5) is 10.8. The second-order valence-electron chi connectivity index (χ2n) is 8.17. The fraction of sp³-hybridized carbons (Fsp3) is 0.800. The molecule has 0 aromatic carbocycles. The van der Waals surface area contributed by atoms with Crippen LogP contribution >= 0.6 is 0 Å². The van der Waals surface area contributed by atoms with Gasteiger partial charge in [0.15, 0.2) is 0 Å². The number of nitrogens with zero attached hydrogens (tertiary/aromatic N) is 3.